The molecule has 0 unspecified atom stereocenters. The third-order valence-electron chi connectivity index (χ3n) is 5.76. The fourth-order valence-electron chi connectivity index (χ4n) is 3.82. The molecule has 0 amide bonds. The standard InChI is InChI=1S/C24H47N2/c1-4-6-8-9-10-11-12-13-14-15-16-17-18-19-21-26-23-22-25(24(26)3)20-7-5-2/h22-23H,4-21H2,1-3H3/q+1. The van der Waals surface area contributed by atoms with Crippen molar-refractivity contribution in [2.45, 2.75) is 137 Å². The van der Waals surface area contributed by atoms with Crippen LogP contribution in [0.15, 0.2) is 12.4 Å². The SMILES string of the molecule is CCCCCCCCCCCCCCCC[n+]1ccn(CCCC)c1C. The van der Waals surface area contributed by atoms with E-state index in [1.165, 1.54) is 122 Å². The fourth-order valence-corrected chi connectivity index (χ4v) is 3.82. The van der Waals surface area contributed by atoms with Gasteiger partial charge in [-0.2, -0.15) is 0 Å². The van der Waals surface area contributed by atoms with Crippen LogP contribution in [0.5, 0.6) is 0 Å². The van der Waals surface area contributed by atoms with Crippen molar-refractivity contribution >= 4 is 0 Å². The lowest BCUT2D eigenvalue weighted by molar-refractivity contribution is -0.702. The first-order valence-electron chi connectivity index (χ1n) is 11.8. The Morgan fingerprint density at radius 1 is 0.654 bits per heavy atom. The molecule has 1 aromatic rings. The summed E-state index contributed by atoms with van der Waals surface area (Å²) in [6.45, 7) is 9.20. The molecule has 0 spiro atoms. The summed E-state index contributed by atoms with van der Waals surface area (Å²) in [6.07, 6.45) is 27.2. The lowest BCUT2D eigenvalue weighted by Crippen LogP contribution is -2.35. The molecule has 1 rings (SSSR count). The Kier molecular flexibility index (Phi) is 14.7. The summed E-state index contributed by atoms with van der Waals surface area (Å²) >= 11 is 0. The average molecular weight is 364 g/mol. The van der Waals surface area contributed by atoms with Crippen LogP contribution < -0.4 is 4.57 Å². The van der Waals surface area contributed by atoms with Gasteiger partial charge in [0.25, 0.3) is 5.82 Å². The van der Waals surface area contributed by atoms with E-state index in [2.05, 4.69) is 42.3 Å². The van der Waals surface area contributed by atoms with Crippen molar-refractivity contribution < 1.29 is 4.57 Å². The Hall–Kier alpha value is -0.790. The third-order valence-corrected chi connectivity index (χ3v) is 5.76. The summed E-state index contributed by atoms with van der Waals surface area (Å²) in [4.78, 5) is 0. The van der Waals surface area contributed by atoms with Crippen LogP contribution in [-0.4, -0.2) is 4.57 Å². The van der Waals surface area contributed by atoms with Crippen LogP contribution in [0.25, 0.3) is 0 Å². The van der Waals surface area contributed by atoms with E-state index in [0.29, 0.717) is 0 Å². The summed E-state index contributed by atoms with van der Waals surface area (Å²) in [5.74, 6) is 1.42. The number of aromatic nitrogens is 2. The highest BCUT2D eigenvalue weighted by Crippen LogP contribution is 2.13. The second-order valence-electron chi connectivity index (χ2n) is 8.18. The summed E-state index contributed by atoms with van der Waals surface area (Å²) in [5.41, 5.74) is 0. The van der Waals surface area contributed by atoms with Crippen molar-refractivity contribution in [1.29, 1.82) is 0 Å². The van der Waals surface area contributed by atoms with Gasteiger partial charge >= 0.3 is 0 Å². The van der Waals surface area contributed by atoms with Gasteiger partial charge in [0.15, 0.2) is 0 Å². The molecule has 0 atom stereocenters. The van der Waals surface area contributed by atoms with Gasteiger partial charge in [-0.25, -0.2) is 9.13 Å². The van der Waals surface area contributed by atoms with Gasteiger partial charge in [0.2, 0.25) is 0 Å². The lowest BCUT2D eigenvalue weighted by atomic mass is 10.0. The van der Waals surface area contributed by atoms with Crippen LogP contribution in [0, 0.1) is 6.92 Å². The maximum absolute atomic E-state index is 2.44. The second kappa shape index (κ2) is 16.4. The highest BCUT2D eigenvalue weighted by Gasteiger charge is 2.10. The van der Waals surface area contributed by atoms with E-state index in [1.807, 2.05) is 0 Å². The smallest absolute Gasteiger partial charge is 0.234 e. The van der Waals surface area contributed by atoms with Gasteiger partial charge in [-0.05, 0) is 19.3 Å². The van der Waals surface area contributed by atoms with Crippen LogP contribution in [0.4, 0.5) is 0 Å². The highest BCUT2D eigenvalue weighted by molar-refractivity contribution is 4.79. The Balaban J connectivity index is 1.88. The molecule has 0 aliphatic heterocycles. The van der Waals surface area contributed by atoms with Gasteiger partial charge in [-0.3, -0.25) is 0 Å². The minimum Gasteiger partial charge on any atom is -0.234 e. The molecule has 0 saturated carbocycles. The molecular formula is C24H47N2+. The summed E-state index contributed by atoms with van der Waals surface area (Å²) in [6, 6.07) is 0. The minimum atomic E-state index is 1.17. The molecule has 0 aliphatic carbocycles. The number of rotatable bonds is 18. The quantitative estimate of drug-likeness (QED) is 0.190. The van der Waals surface area contributed by atoms with E-state index < -0.39 is 0 Å². The fraction of sp³-hybridized carbons (Fsp3) is 0.875. The van der Waals surface area contributed by atoms with Gasteiger partial charge in [0.1, 0.15) is 12.4 Å². The Bertz CT molecular complexity index is 422. The molecule has 0 bridgehead atoms. The van der Waals surface area contributed by atoms with Crippen LogP contribution in [0.3, 0.4) is 0 Å². The monoisotopic (exact) mass is 363 g/mol. The predicted molar refractivity (Wildman–Crippen MR) is 115 cm³/mol. The summed E-state index contributed by atoms with van der Waals surface area (Å²) < 4.78 is 4.85. The Labute approximate surface area is 164 Å². The highest BCUT2D eigenvalue weighted by atomic mass is 15.1. The van der Waals surface area contributed by atoms with Gasteiger partial charge in [-0.1, -0.05) is 97.3 Å². The normalized spacial score (nSPS) is 11.3. The first-order valence-corrected chi connectivity index (χ1v) is 11.8. The molecule has 2 nitrogen and oxygen atoms in total. The molecule has 2 heteroatoms. The zero-order chi connectivity index (χ0) is 18.9. The number of nitrogens with zero attached hydrogens (tertiary/aromatic N) is 2. The molecule has 0 N–H and O–H groups in total. The van der Waals surface area contributed by atoms with Gasteiger partial charge in [0.05, 0.1) is 13.1 Å². The van der Waals surface area contributed by atoms with E-state index in [-0.39, 0.29) is 0 Å². The van der Waals surface area contributed by atoms with Crippen LogP contribution in [-0.2, 0) is 13.1 Å². The molecule has 0 fully saturated rings. The Morgan fingerprint density at radius 2 is 1.12 bits per heavy atom. The van der Waals surface area contributed by atoms with Crippen molar-refractivity contribution in [2.75, 3.05) is 0 Å². The largest absolute Gasteiger partial charge is 0.253 e. The molecular weight excluding hydrogens is 316 g/mol. The second-order valence-corrected chi connectivity index (χ2v) is 8.18. The van der Waals surface area contributed by atoms with E-state index >= 15 is 0 Å². The molecule has 152 valence electrons. The van der Waals surface area contributed by atoms with Crippen molar-refractivity contribution in [2.24, 2.45) is 0 Å². The minimum absolute atomic E-state index is 1.17. The topological polar surface area (TPSA) is 8.81 Å². The first kappa shape index (κ1) is 23.2. The van der Waals surface area contributed by atoms with E-state index in [0.717, 1.165) is 0 Å². The zero-order valence-electron chi connectivity index (χ0n) is 18.3. The van der Waals surface area contributed by atoms with E-state index in [9.17, 15) is 0 Å². The molecule has 0 radical (unpaired) electrons. The molecule has 1 heterocycles. The maximum Gasteiger partial charge on any atom is 0.253 e. The number of unbranched alkanes of at least 4 members (excludes halogenated alkanes) is 14. The number of hydrogen-bond donors (Lipinski definition) is 0. The number of imidazole rings is 1. The van der Waals surface area contributed by atoms with E-state index in [4.69, 9.17) is 0 Å². The van der Waals surface area contributed by atoms with E-state index in [1.54, 1.807) is 0 Å². The van der Waals surface area contributed by atoms with Crippen molar-refractivity contribution in [3.8, 4) is 0 Å². The van der Waals surface area contributed by atoms with Gasteiger partial charge < -0.3 is 0 Å². The zero-order valence-corrected chi connectivity index (χ0v) is 18.3. The third kappa shape index (κ3) is 11.0. The predicted octanol–water partition coefficient (Wildman–Crippen LogP) is 7.37. The van der Waals surface area contributed by atoms with Crippen molar-refractivity contribution in [3.63, 3.8) is 0 Å². The number of aryl methyl sites for hydroxylation is 2. The van der Waals surface area contributed by atoms with Crippen molar-refractivity contribution in [1.82, 2.24) is 4.57 Å². The molecule has 0 aliphatic rings. The van der Waals surface area contributed by atoms with Crippen LogP contribution in [0.2, 0.25) is 0 Å². The van der Waals surface area contributed by atoms with Crippen molar-refractivity contribution in [3.05, 3.63) is 18.2 Å². The molecule has 26 heavy (non-hydrogen) atoms. The Morgan fingerprint density at radius 3 is 1.62 bits per heavy atom. The average Bonchev–Trinajstić information content (AvgIpc) is 3.00. The van der Waals surface area contributed by atoms with Gasteiger partial charge in [0, 0.05) is 6.92 Å². The number of hydrogen-bond acceptors (Lipinski definition) is 0. The molecule has 1 aromatic heterocycles. The first-order chi connectivity index (χ1) is 12.8. The lowest BCUT2D eigenvalue weighted by Gasteiger charge is -2.03. The van der Waals surface area contributed by atoms with Crippen LogP contribution in [0.1, 0.15) is 122 Å². The maximum atomic E-state index is 2.44. The summed E-state index contributed by atoms with van der Waals surface area (Å²) in [5, 5.41) is 0. The van der Waals surface area contributed by atoms with Gasteiger partial charge in [-0.15, -0.1) is 0 Å². The molecule has 0 aromatic carbocycles. The van der Waals surface area contributed by atoms with Crippen LogP contribution >= 0.6 is 0 Å². The molecule has 0 saturated heterocycles. The summed E-state index contributed by atoms with van der Waals surface area (Å²) in [7, 11) is 0.